The van der Waals surface area contributed by atoms with Gasteiger partial charge in [-0.1, -0.05) is 0 Å². The van der Waals surface area contributed by atoms with Crippen LogP contribution in [0.5, 0.6) is 0 Å². The molecule has 5 rings (SSSR count). The van der Waals surface area contributed by atoms with Crippen molar-refractivity contribution in [1.82, 2.24) is 35.7 Å². The minimum absolute atomic E-state index is 0.151. The molecule has 1 aromatic carbocycles. The molecule has 1 saturated heterocycles. The summed E-state index contributed by atoms with van der Waals surface area (Å²) < 4.78 is 19.7. The van der Waals surface area contributed by atoms with E-state index in [1.165, 1.54) is 18.5 Å². The van der Waals surface area contributed by atoms with E-state index in [0.29, 0.717) is 29.9 Å². The van der Waals surface area contributed by atoms with Gasteiger partial charge in [0.15, 0.2) is 11.3 Å². The highest BCUT2D eigenvalue weighted by Gasteiger charge is 2.22. The number of rotatable bonds is 5. The minimum atomic E-state index is -0.375. The number of carbonyl (C=O) groups is 1. The van der Waals surface area contributed by atoms with E-state index in [0.717, 1.165) is 36.4 Å². The first-order valence-electron chi connectivity index (χ1n) is 10.6. The second-order valence-electron chi connectivity index (χ2n) is 8.09. The second kappa shape index (κ2) is 8.64. The summed E-state index contributed by atoms with van der Waals surface area (Å²) in [5, 5.41) is 4.67. The molecule has 1 atom stereocenters. The van der Waals surface area contributed by atoms with Crippen molar-refractivity contribution in [3.05, 3.63) is 59.2 Å². The number of fused-ring (bicyclic) bond motifs is 1. The van der Waals surface area contributed by atoms with Crippen molar-refractivity contribution in [3.8, 4) is 0 Å². The number of aromatic amines is 1. The van der Waals surface area contributed by atoms with Crippen LogP contribution in [0.3, 0.4) is 0 Å². The van der Waals surface area contributed by atoms with Gasteiger partial charge >= 0.3 is 0 Å². The van der Waals surface area contributed by atoms with Gasteiger partial charge in [0.05, 0.1) is 6.61 Å². The van der Waals surface area contributed by atoms with Gasteiger partial charge in [-0.15, -0.1) is 0 Å². The number of imidazole rings is 1. The van der Waals surface area contributed by atoms with Crippen molar-refractivity contribution < 1.29 is 13.9 Å². The number of nitrogens with zero attached hydrogens (tertiary/aromatic N) is 4. The molecule has 0 spiro atoms. The van der Waals surface area contributed by atoms with Crippen LogP contribution < -0.4 is 10.7 Å². The molecule has 2 aliphatic heterocycles. The summed E-state index contributed by atoms with van der Waals surface area (Å²) >= 11 is 0. The van der Waals surface area contributed by atoms with Gasteiger partial charge in [0.1, 0.15) is 23.5 Å². The van der Waals surface area contributed by atoms with E-state index < -0.39 is 0 Å². The first-order valence-corrected chi connectivity index (χ1v) is 10.6. The number of nitrogens with one attached hydrogen (secondary N) is 3. The third-order valence-corrected chi connectivity index (χ3v) is 5.72. The summed E-state index contributed by atoms with van der Waals surface area (Å²) in [4.78, 5) is 29.0. The molecule has 32 heavy (non-hydrogen) atoms. The Bertz CT molecular complexity index is 1190. The fourth-order valence-electron chi connectivity index (χ4n) is 4.08. The number of aromatic nitrogens is 4. The molecule has 2 aliphatic rings. The Kier molecular flexibility index (Phi) is 5.54. The summed E-state index contributed by atoms with van der Waals surface area (Å²) in [7, 11) is 1.89. The highest BCUT2D eigenvalue weighted by atomic mass is 19.1. The first-order chi connectivity index (χ1) is 15.6. The maximum atomic E-state index is 14.2. The molecule has 1 amide bonds. The Labute approximate surface area is 184 Å². The fourth-order valence-corrected chi connectivity index (χ4v) is 4.08. The zero-order valence-corrected chi connectivity index (χ0v) is 17.7. The maximum Gasteiger partial charge on any atom is 0.272 e. The van der Waals surface area contributed by atoms with Crippen LogP contribution in [0.25, 0.3) is 16.7 Å². The van der Waals surface area contributed by atoms with Crippen molar-refractivity contribution in [2.45, 2.75) is 25.3 Å². The van der Waals surface area contributed by atoms with Crippen LogP contribution in [0.1, 0.15) is 46.2 Å². The molecule has 1 fully saturated rings. The quantitative estimate of drug-likeness (QED) is 0.561. The van der Waals surface area contributed by atoms with E-state index >= 15 is 0 Å². The average Bonchev–Trinajstić information content (AvgIpc) is 3.44. The summed E-state index contributed by atoms with van der Waals surface area (Å²) in [5.41, 5.74) is 6.72. The van der Waals surface area contributed by atoms with Crippen LogP contribution in [0, 0.1) is 5.82 Å². The molecular weight excluding hydrogens is 413 g/mol. The third kappa shape index (κ3) is 4.19. The van der Waals surface area contributed by atoms with E-state index in [2.05, 4.69) is 30.7 Å². The number of hydrogen-bond donors (Lipinski definition) is 3. The Hall–Kier alpha value is -3.37. The van der Waals surface area contributed by atoms with Crippen molar-refractivity contribution in [3.63, 3.8) is 0 Å². The molecular formula is C22H24FN7O2. The number of benzene rings is 1. The van der Waals surface area contributed by atoms with E-state index in [1.807, 2.05) is 24.3 Å². The van der Waals surface area contributed by atoms with Crippen molar-refractivity contribution >= 4 is 22.6 Å². The van der Waals surface area contributed by atoms with Crippen molar-refractivity contribution in [2.24, 2.45) is 0 Å². The van der Waals surface area contributed by atoms with Crippen LogP contribution in [-0.4, -0.2) is 57.7 Å². The summed E-state index contributed by atoms with van der Waals surface area (Å²) in [6.07, 6.45) is 5.19. The zero-order chi connectivity index (χ0) is 22.1. The number of ether oxygens (including phenoxy) is 1. The molecule has 0 aliphatic carbocycles. The molecule has 0 saturated carbocycles. The van der Waals surface area contributed by atoms with Crippen LogP contribution in [0.2, 0.25) is 0 Å². The SMILES string of the molecule is CN1C=C(c2cc(F)cc(CNC(=O)c3ncnc4nc(C5CCCOC5)[nH]c34)c2)CN1. The molecule has 0 radical (unpaired) electrons. The van der Waals surface area contributed by atoms with Gasteiger partial charge in [-0.25, -0.2) is 24.8 Å². The lowest BCUT2D eigenvalue weighted by atomic mass is 10.0. The molecule has 10 heteroatoms. The van der Waals surface area contributed by atoms with Gasteiger partial charge in [0.25, 0.3) is 5.91 Å². The van der Waals surface area contributed by atoms with Gasteiger partial charge in [-0.05, 0) is 47.7 Å². The Morgan fingerprint density at radius 1 is 1.34 bits per heavy atom. The fraction of sp³-hybridized carbons (Fsp3) is 0.364. The maximum absolute atomic E-state index is 14.2. The van der Waals surface area contributed by atoms with E-state index in [1.54, 1.807) is 0 Å². The molecule has 1 unspecified atom stereocenters. The monoisotopic (exact) mass is 437 g/mol. The van der Waals surface area contributed by atoms with Gasteiger partial charge in [0.2, 0.25) is 0 Å². The number of carbonyl (C=O) groups excluding carboxylic acids is 1. The lowest BCUT2D eigenvalue weighted by Gasteiger charge is -2.19. The summed E-state index contributed by atoms with van der Waals surface area (Å²) in [6, 6.07) is 4.79. The summed E-state index contributed by atoms with van der Waals surface area (Å²) in [5.74, 6) is 0.185. The van der Waals surface area contributed by atoms with E-state index in [4.69, 9.17) is 4.74 Å². The highest BCUT2D eigenvalue weighted by molar-refractivity contribution is 6.02. The predicted molar refractivity (Wildman–Crippen MR) is 116 cm³/mol. The summed E-state index contributed by atoms with van der Waals surface area (Å²) in [6.45, 7) is 2.15. The number of hydrogen-bond acceptors (Lipinski definition) is 7. The van der Waals surface area contributed by atoms with Crippen molar-refractivity contribution in [1.29, 1.82) is 0 Å². The van der Waals surface area contributed by atoms with Gasteiger partial charge in [-0.2, -0.15) is 0 Å². The Balaban J connectivity index is 1.34. The number of hydrazine groups is 1. The highest BCUT2D eigenvalue weighted by Crippen LogP contribution is 2.25. The van der Waals surface area contributed by atoms with Crippen molar-refractivity contribution in [2.75, 3.05) is 26.8 Å². The lowest BCUT2D eigenvalue weighted by molar-refractivity contribution is 0.0784. The topological polar surface area (TPSA) is 108 Å². The average molecular weight is 437 g/mol. The van der Waals surface area contributed by atoms with Crippen LogP contribution in [0.15, 0.2) is 30.7 Å². The van der Waals surface area contributed by atoms with Crippen LogP contribution in [-0.2, 0) is 11.3 Å². The van der Waals surface area contributed by atoms with Crippen LogP contribution in [0.4, 0.5) is 4.39 Å². The Morgan fingerprint density at radius 2 is 2.25 bits per heavy atom. The Morgan fingerprint density at radius 3 is 3.03 bits per heavy atom. The largest absolute Gasteiger partial charge is 0.381 e. The molecule has 9 nitrogen and oxygen atoms in total. The third-order valence-electron chi connectivity index (χ3n) is 5.72. The minimum Gasteiger partial charge on any atom is -0.381 e. The molecule has 166 valence electrons. The van der Waals surface area contributed by atoms with Gasteiger partial charge in [0, 0.05) is 38.9 Å². The zero-order valence-electron chi connectivity index (χ0n) is 17.7. The number of H-pyrrole nitrogens is 1. The normalized spacial score (nSPS) is 18.8. The van der Waals surface area contributed by atoms with Gasteiger partial charge in [-0.3, -0.25) is 4.79 Å². The number of amides is 1. The molecule has 4 heterocycles. The smallest absolute Gasteiger partial charge is 0.272 e. The predicted octanol–water partition coefficient (Wildman–Crippen LogP) is 2.11. The molecule has 2 aromatic heterocycles. The molecule has 3 N–H and O–H groups in total. The van der Waals surface area contributed by atoms with E-state index in [-0.39, 0.29) is 29.9 Å². The number of halogens is 1. The molecule has 0 bridgehead atoms. The first kappa shape index (κ1) is 20.5. The van der Waals surface area contributed by atoms with Crippen LogP contribution >= 0.6 is 0 Å². The lowest BCUT2D eigenvalue weighted by Crippen LogP contribution is -2.24. The standard InChI is InChI=1S/C22H24FN7O2/c1-30-10-16(9-27-30)15-5-13(6-17(23)7-15)8-24-22(31)19-18-21(26-12-25-19)29-20(28-18)14-3-2-4-32-11-14/h5-7,10,12,14,27H,2-4,8-9,11H2,1H3,(H,24,31)(H,25,26,28,29). The second-order valence-corrected chi connectivity index (χ2v) is 8.09. The molecule has 3 aromatic rings. The van der Waals surface area contributed by atoms with Gasteiger partial charge < -0.3 is 20.0 Å². The van der Waals surface area contributed by atoms with E-state index in [9.17, 15) is 9.18 Å².